The molecule has 2 aromatic carbocycles. The van der Waals surface area contributed by atoms with Crippen LogP contribution in [0.5, 0.6) is 0 Å². The molecule has 0 aromatic heterocycles. The lowest BCUT2D eigenvalue weighted by molar-refractivity contribution is -0.132. The minimum absolute atomic E-state index is 0.777. The monoisotopic (exact) mass is 268 g/mol. The van der Waals surface area contributed by atoms with Crippen LogP contribution in [0.3, 0.4) is 0 Å². The third kappa shape index (κ3) is 3.55. The first-order valence-corrected chi connectivity index (χ1v) is 5.90. The maximum absolute atomic E-state index is 10.5. The molecular weight excluding hydrogens is 256 g/mol. The Morgan fingerprint density at radius 2 is 1.20 bits per heavy atom. The van der Waals surface area contributed by atoms with Crippen molar-refractivity contribution in [3.63, 3.8) is 0 Å². The van der Waals surface area contributed by atoms with Crippen molar-refractivity contribution in [3.8, 4) is 0 Å². The minimum Gasteiger partial charge on any atom is -0.478 e. The van der Waals surface area contributed by atoms with Gasteiger partial charge in [0.2, 0.25) is 0 Å². The van der Waals surface area contributed by atoms with E-state index in [0.717, 1.165) is 34.1 Å². The summed E-state index contributed by atoms with van der Waals surface area (Å²) in [5, 5.41) is 19.1. The van der Waals surface area contributed by atoms with E-state index in [2.05, 4.69) is 0 Å². The van der Waals surface area contributed by atoms with Gasteiger partial charge < -0.3 is 10.2 Å². The van der Waals surface area contributed by atoms with Gasteiger partial charge in [-0.2, -0.15) is 0 Å². The molecule has 0 aliphatic heterocycles. The van der Waals surface area contributed by atoms with Crippen LogP contribution in [0.2, 0.25) is 0 Å². The average molecular weight is 268 g/mol. The standard InChI is InChI=1S/C16H12O4/c17-15(18)7-3-11-1-5-13-6-2-12(4-8-16(19)20)10-14(13)9-11/h1-10H,(H,17,18)(H,19,20)/b7-3+,8-4+. The molecule has 0 saturated heterocycles. The molecule has 0 aliphatic rings. The molecule has 4 heteroatoms. The number of carboxylic acid groups (broad SMARTS) is 2. The molecule has 2 N–H and O–H groups in total. The smallest absolute Gasteiger partial charge is 0.328 e. The van der Waals surface area contributed by atoms with E-state index < -0.39 is 11.9 Å². The third-order valence-electron chi connectivity index (χ3n) is 2.73. The first-order chi connectivity index (χ1) is 9.54. The Balaban J connectivity index is 2.39. The summed E-state index contributed by atoms with van der Waals surface area (Å²) in [4.78, 5) is 21.0. The fraction of sp³-hybridized carbons (Fsp3) is 0. The van der Waals surface area contributed by atoms with Crippen LogP contribution in [0, 0.1) is 0 Å². The summed E-state index contributed by atoms with van der Waals surface area (Å²) in [7, 11) is 0. The van der Waals surface area contributed by atoms with Gasteiger partial charge in [-0.05, 0) is 46.2 Å². The van der Waals surface area contributed by atoms with E-state index in [1.165, 1.54) is 12.2 Å². The zero-order valence-corrected chi connectivity index (χ0v) is 10.5. The molecule has 0 saturated carbocycles. The molecule has 0 fully saturated rings. The Morgan fingerprint density at radius 1 is 0.750 bits per heavy atom. The fourth-order valence-electron chi connectivity index (χ4n) is 1.83. The van der Waals surface area contributed by atoms with Crippen molar-refractivity contribution < 1.29 is 19.8 Å². The van der Waals surface area contributed by atoms with Crippen molar-refractivity contribution in [2.75, 3.05) is 0 Å². The van der Waals surface area contributed by atoms with Gasteiger partial charge in [0.15, 0.2) is 0 Å². The number of hydrogen-bond acceptors (Lipinski definition) is 2. The van der Waals surface area contributed by atoms with Crippen LogP contribution in [0.15, 0.2) is 48.6 Å². The number of carbonyl (C=O) groups is 2. The second-order valence-electron chi connectivity index (χ2n) is 4.21. The topological polar surface area (TPSA) is 74.6 Å². The van der Waals surface area contributed by atoms with Crippen LogP contribution in [-0.2, 0) is 9.59 Å². The molecule has 2 rings (SSSR count). The summed E-state index contributed by atoms with van der Waals surface area (Å²) >= 11 is 0. The predicted molar refractivity (Wildman–Crippen MR) is 77.3 cm³/mol. The Kier molecular flexibility index (Phi) is 3.96. The van der Waals surface area contributed by atoms with Gasteiger partial charge in [-0.25, -0.2) is 9.59 Å². The second kappa shape index (κ2) is 5.84. The van der Waals surface area contributed by atoms with Crippen LogP contribution in [0.25, 0.3) is 22.9 Å². The van der Waals surface area contributed by atoms with Crippen LogP contribution < -0.4 is 0 Å². The molecule has 0 atom stereocenters. The number of fused-ring (bicyclic) bond motifs is 1. The Hall–Kier alpha value is -2.88. The SMILES string of the molecule is O=C(O)/C=C/c1ccc2ccc(/C=C/C(=O)O)cc2c1. The molecule has 20 heavy (non-hydrogen) atoms. The van der Waals surface area contributed by atoms with Crippen molar-refractivity contribution >= 4 is 34.9 Å². The second-order valence-corrected chi connectivity index (χ2v) is 4.21. The summed E-state index contributed by atoms with van der Waals surface area (Å²) in [6.07, 6.45) is 5.19. The van der Waals surface area contributed by atoms with Gasteiger partial charge in [0.05, 0.1) is 0 Å². The van der Waals surface area contributed by atoms with E-state index in [0.29, 0.717) is 0 Å². The number of hydrogen-bond donors (Lipinski definition) is 2. The van der Waals surface area contributed by atoms with Gasteiger partial charge >= 0.3 is 11.9 Å². The highest BCUT2D eigenvalue weighted by atomic mass is 16.4. The highest BCUT2D eigenvalue weighted by Gasteiger charge is 1.97. The zero-order chi connectivity index (χ0) is 14.5. The predicted octanol–water partition coefficient (Wildman–Crippen LogP) is 3.04. The molecule has 0 heterocycles. The van der Waals surface area contributed by atoms with Crippen LogP contribution in [-0.4, -0.2) is 22.2 Å². The molecular formula is C16H12O4. The van der Waals surface area contributed by atoms with Gasteiger partial charge in [0.1, 0.15) is 0 Å². The quantitative estimate of drug-likeness (QED) is 0.836. The highest BCUT2D eigenvalue weighted by Crippen LogP contribution is 2.19. The molecule has 0 unspecified atom stereocenters. The third-order valence-corrected chi connectivity index (χ3v) is 2.73. The maximum atomic E-state index is 10.5. The van der Waals surface area contributed by atoms with Crippen molar-refractivity contribution in [1.82, 2.24) is 0 Å². The largest absolute Gasteiger partial charge is 0.478 e. The van der Waals surface area contributed by atoms with Crippen LogP contribution >= 0.6 is 0 Å². The molecule has 0 radical (unpaired) electrons. The molecule has 0 spiro atoms. The van der Waals surface area contributed by atoms with E-state index in [4.69, 9.17) is 10.2 Å². The summed E-state index contributed by atoms with van der Waals surface area (Å²) < 4.78 is 0. The van der Waals surface area contributed by atoms with E-state index >= 15 is 0 Å². The summed E-state index contributed by atoms with van der Waals surface area (Å²) in [5.74, 6) is -1.99. The number of carboxylic acids is 2. The van der Waals surface area contributed by atoms with Crippen LogP contribution in [0.1, 0.15) is 11.1 Å². The molecule has 4 nitrogen and oxygen atoms in total. The molecule has 2 aromatic rings. The van der Waals surface area contributed by atoms with E-state index in [9.17, 15) is 9.59 Å². The highest BCUT2D eigenvalue weighted by molar-refractivity contribution is 5.91. The maximum Gasteiger partial charge on any atom is 0.328 e. The van der Waals surface area contributed by atoms with E-state index in [1.807, 2.05) is 36.4 Å². The lowest BCUT2D eigenvalue weighted by Crippen LogP contribution is -1.86. The number of aliphatic carboxylic acids is 2. The van der Waals surface area contributed by atoms with Gasteiger partial charge in [-0.3, -0.25) is 0 Å². The van der Waals surface area contributed by atoms with E-state index in [1.54, 1.807) is 0 Å². The van der Waals surface area contributed by atoms with Crippen molar-refractivity contribution in [3.05, 3.63) is 59.7 Å². The van der Waals surface area contributed by atoms with Gasteiger partial charge in [-0.15, -0.1) is 0 Å². The lowest BCUT2D eigenvalue weighted by atomic mass is 10.0. The number of rotatable bonds is 4. The first-order valence-electron chi connectivity index (χ1n) is 5.90. The van der Waals surface area contributed by atoms with Gasteiger partial charge in [0.25, 0.3) is 0 Å². The van der Waals surface area contributed by atoms with Crippen molar-refractivity contribution in [1.29, 1.82) is 0 Å². The lowest BCUT2D eigenvalue weighted by Gasteiger charge is -2.01. The number of benzene rings is 2. The van der Waals surface area contributed by atoms with Crippen molar-refractivity contribution in [2.45, 2.75) is 0 Å². The Bertz CT molecular complexity index is 668. The zero-order valence-electron chi connectivity index (χ0n) is 10.5. The fourth-order valence-corrected chi connectivity index (χ4v) is 1.83. The van der Waals surface area contributed by atoms with Crippen LogP contribution in [0.4, 0.5) is 0 Å². The summed E-state index contributed by atoms with van der Waals surface area (Å²) in [5.41, 5.74) is 1.55. The van der Waals surface area contributed by atoms with Gasteiger partial charge in [0, 0.05) is 12.2 Å². The molecule has 0 aliphatic carbocycles. The first kappa shape index (κ1) is 13.5. The molecule has 100 valence electrons. The van der Waals surface area contributed by atoms with Crippen molar-refractivity contribution in [2.24, 2.45) is 0 Å². The van der Waals surface area contributed by atoms with E-state index in [-0.39, 0.29) is 0 Å². The normalized spacial score (nSPS) is 11.4. The summed E-state index contributed by atoms with van der Waals surface area (Å²) in [6.45, 7) is 0. The minimum atomic E-state index is -0.997. The molecule has 0 bridgehead atoms. The molecule has 0 amide bonds. The summed E-state index contributed by atoms with van der Waals surface area (Å²) in [6, 6.07) is 11.1. The Labute approximate surface area is 115 Å². The Morgan fingerprint density at radius 3 is 1.60 bits per heavy atom. The average Bonchev–Trinajstić information content (AvgIpc) is 2.42. The van der Waals surface area contributed by atoms with Gasteiger partial charge in [-0.1, -0.05) is 24.3 Å².